The van der Waals surface area contributed by atoms with Crippen LogP contribution in [0.3, 0.4) is 0 Å². The number of anilines is 1. The van der Waals surface area contributed by atoms with Gasteiger partial charge in [0.15, 0.2) is 5.69 Å². The van der Waals surface area contributed by atoms with E-state index in [2.05, 4.69) is 10.4 Å². The number of amides is 1. The number of hydrogen-bond acceptors (Lipinski definition) is 4. The first-order valence-corrected chi connectivity index (χ1v) is 11.7. The number of aromatic nitrogens is 2. The maximum absolute atomic E-state index is 13.2. The molecule has 162 valence electrons. The number of sulfonamides is 1. The molecule has 0 aliphatic heterocycles. The van der Waals surface area contributed by atoms with Crippen LogP contribution in [-0.4, -0.2) is 42.5 Å². The zero-order valence-electron chi connectivity index (χ0n) is 18.1. The van der Waals surface area contributed by atoms with Gasteiger partial charge in [0.25, 0.3) is 5.91 Å². The molecule has 1 aliphatic rings. The van der Waals surface area contributed by atoms with E-state index in [1.54, 1.807) is 12.1 Å². The molecule has 0 radical (unpaired) electrons. The summed E-state index contributed by atoms with van der Waals surface area (Å²) in [4.78, 5) is 13.3. The molecular formula is C23H26N4O3S. The monoisotopic (exact) mass is 438 g/mol. The van der Waals surface area contributed by atoms with Crippen LogP contribution in [-0.2, 0) is 22.9 Å². The minimum absolute atomic E-state index is 0.133. The van der Waals surface area contributed by atoms with Crippen molar-refractivity contribution in [2.45, 2.75) is 38.0 Å². The zero-order valence-corrected chi connectivity index (χ0v) is 19.0. The minimum Gasteiger partial charge on any atom is -0.320 e. The van der Waals surface area contributed by atoms with Gasteiger partial charge in [0, 0.05) is 31.0 Å². The molecule has 2 aromatic carbocycles. The fraction of sp³-hybridized carbons (Fsp3) is 0.304. The molecule has 1 heterocycles. The van der Waals surface area contributed by atoms with E-state index in [1.807, 2.05) is 42.8 Å². The van der Waals surface area contributed by atoms with Crippen LogP contribution in [0.5, 0.6) is 0 Å². The van der Waals surface area contributed by atoms with Gasteiger partial charge in [-0.25, -0.2) is 17.4 Å². The van der Waals surface area contributed by atoms with Crippen LogP contribution >= 0.6 is 0 Å². The van der Waals surface area contributed by atoms with Gasteiger partial charge >= 0.3 is 0 Å². The Bertz CT molecular complexity index is 1280. The van der Waals surface area contributed by atoms with E-state index >= 15 is 0 Å². The van der Waals surface area contributed by atoms with E-state index < -0.39 is 10.0 Å². The molecule has 1 amide bonds. The first-order valence-electron chi connectivity index (χ1n) is 10.2. The van der Waals surface area contributed by atoms with E-state index in [4.69, 9.17) is 0 Å². The average Bonchev–Trinajstić information content (AvgIpc) is 3.32. The van der Waals surface area contributed by atoms with Crippen LogP contribution in [0.25, 0.3) is 5.69 Å². The Morgan fingerprint density at radius 3 is 2.52 bits per heavy atom. The molecule has 0 saturated carbocycles. The highest BCUT2D eigenvalue weighted by Gasteiger charge is 2.28. The van der Waals surface area contributed by atoms with Gasteiger partial charge in [0.1, 0.15) is 0 Å². The SMILES string of the molecule is Cc1ccc(S(=O)(=O)N(C)C)cc1NC(=O)c1nn(-c2ccccc2C)c2c1CCC2. The Hall–Kier alpha value is -2.97. The molecule has 0 fully saturated rings. The van der Waals surface area contributed by atoms with Crippen molar-refractivity contribution in [2.24, 2.45) is 0 Å². The number of hydrogen-bond donors (Lipinski definition) is 1. The van der Waals surface area contributed by atoms with Crippen LogP contribution in [0, 0.1) is 13.8 Å². The lowest BCUT2D eigenvalue weighted by molar-refractivity contribution is 0.102. The van der Waals surface area contributed by atoms with Gasteiger partial charge in [-0.05, 0) is 62.4 Å². The van der Waals surface area contributed by atoms with Gasteiger partial charge in [-0.3, -0.25) is 4.79 Å². The topological polar surface area (TPSA) is 84.3 Å². The molecule has 8 heteroatoms. The van der Waals surface area contributed by atoms with E-state index in [0.29, 0.717) is 11.4 Å². The number of para-hydroxylation sites is 1. The van der Waals surface area contributed by atoms with Crippen LogP contribution < -0.4 is 5.32 Å². The van der Waals surface area contributed by atoms with E-state index in [-0.39, 0.29) is 10.8 Å². The number of nitrogens with zero attached hydrogens (tertiary/aromatic N) is 3. The summed E-state index contributed by atoms with van der Waals surface area (Å²) in [6, 6.07) is 12.7. The number of carbonyl (C=O) groups is 1. The van der Waals surface area contributed by atoms with Gasteiger partial charge < -0.3 is 5.32 Å². The number of benzene rings is 2. The molecule has 31 heavy (non-hydrogen) atoms. The first-order chi connectivity index (χ1) is 14.7. The Kier molecular flexibility index (Phi) is 5.45. The van der Waals surface area contributed by atoms with E-state index in [9.17, 15) is 13.2 Å². The summed E-state index contributed by atoms with van der Waals surface area (Å²) >= 11 is 0. The number of rotatable bonds is 5. The van der Waals surface area contributed by atoms with Crippen molar-refractivity contribution in [1.29, 1.82) is 0 Å². The Balaban J connectivity index is 1.71. The smallest absolute Gasteiger partial charge is 0.276 e. The molecule has 3 aromatic rings. The fourth-order valence-electron chi connectivity index (χ4n) is 3.91. The lowest BCUT2D eigenvalue weighted by atomic mass is 10.1. The zero-order chi connectivity index (χ0) is 22.3. The molecule has 0 spiro atoms. The van der Waals surface area contributed by atoms with Crippen LogP contribution in [0.15, 0.2) is 47.4 Å². The molecule has 1 aromatic heterocycles. The van der Waals surface area contributed by atoms with Crippen molar-refractivity contribution in [2.75, 3.05) is 19.4 Å². The summed E-state index contributed by atoms with van der Waals surface area (Å²) in [5, 5.41) is 7.56. The van der Waals surface area contributed by atoms with Gasteiger partial charge in [-0.1, -0.05) is 24.3 Å². The predicted octanol–water partition coefficient (Wildman–Crippen LogP) is 3.48. The second-order valence-electron chi connectivity index (χ2n) is 8.04. The van der Waals surface area contributed by atoms with Crippen molar-refractivity contribution < 1.29 is 13.2 Å². The maximum atomic E-state index is 13.2. The average molecular weight is 439 g/mol. The molecule has 0 bridgehead atoms. The third-order valence-electron chi connectivity index (χ3n) is 5.72. The molecule has 4 rings (SSSR count). The van der Waals surface area contributed by atoms with Crippen LogP contribution in [0.1, 0.15) is 39.3 Å². The second-order valence-corrected chi connectivity index (χ2v) is 10.2. The van der Waals surface area contributed by atoms with Crippen molar-refractivity contribution in [3.63, 3.8) is 0 Å². The molecule has 7 nitrogen and oxygen atoms in total. The third-order valence-corrected chi connectivity index (χ3v) is 7.54. The highest BCUT2D eigenvalue weighted by molar-refractivity contribution is 7.89. The van der Waals surface area contributed by atoms with Crippen molar-refractivity contribution in [1.82, 2.24) is 14.1 Å². The van der Waals surface area contributed by atoms with Gasteiger partial charge in [0.05, 0.1) is 10.6 Å². The largest absolute Gasteiger partial charge is 0.320 e. The Morgan fingerprint density at radius 2 is 1.81 bits per heavy atom. The molecule has 0 unspecified atom stereocenters. The van der Waals surface area contributed by atoms with Crippen LogP contribution in [0.4, 0.5) is 5.69 Å². The molecular weight excluding hydrogens is 412 g/mol. The highest BCUT2D eigenvalue weighted by atomic mass is 32.2. The number of fused-ring (bicyclic) bond motifs is 1. The standard InChI is InChI=1S/C23H26N4O3S/c1-15-12-13-17(31(29,30)26(3)4)14-19(15)24-23(28)22-18-9-7-11-21(18)27(25-22)20-10-6-5-8-16(20)2/h5-6,8,10,12-14H,7,9,11H2,1-4H3,(H,24,28). The van der Waals surface area contributed by atoms with Gasteiger partial charge in [0.2, 0.25) is 10.0 Å². The Morgan fingerprint density at radius 1 is 1.06 bits per heavy atom. The van der Waals surface area contributed by atoms with E-state index in [0.717, 1.165) is 51.6 Å². The first kappa shape index (κ1) is 21.3. The minimum atomic E-state index is -3.60. The number of nitrogens with one attached hydrogen (secondary N) is 1. The summed E-state index contributed by atoms with van der Waals surface area (Å²) in [7, 11) is -0.638. The van der Waals surface area contributed by atoms with Gasteiger partial charge in [-0.2, -0.15) is 5.10 Å². The predicted molar refractivity (Wildman–Crippen MR) is 120 cm³/mol. The van der Waals surface area contributed by atoms with Crippen molar-refractivity contribution in [3.05, 3.63) is 70.5 Å². The summed E-state index contributed by atoms with van der Waals surface area (Å²) < 4.78 is 28.0. The summed E-state index contributed by atoms with van der Waals surface area (Å²) in [5.41, 5.74) is 5.73. The number of carbonyl (C=O) groups excluding carboxylic acids is 1. The Labute approximate surface area is 182 Å². The highest BCUT2D eigenvalue weighted by Crippen LogP contribution is 2.30. The lowest BCUT2D eigenvalue weighted by Crippen LogP contribution is -2.22. The normalized spacial score (nSPS) is 13.5. The molecule has 1 aliphatic carbocycles. The molecule has 1 N–H and O–H groups in total. The fourth-order valence-corrected chi connectivity index (χ4v) is 4.84. The van der Waals surface area contributed by atoms with Crippen LogP contribution in [0.2, 0.25) is 0 Å². The summed E-state index contributed by atoms with van der Waals surface area (Å²) in [6.07, 6.45) is 2.66. The van der Waals surface area contributed by atoms with E-state index in [1.165, 1.54) is 20.2 Å². The summed E-state index contributed by atoms with van der Waals surface area (Å²) in [6.45, 7) is 3.86. The molecule has 0 saturated heterocycles. The van der Waals surface area contributed by atoms with Crippen molar-refractivity contribution in [3.8, 4) is 5.69 Å². The second kappa shape index (κ2) is 7.94. The maximum Gasteiger partial charge on any atom is 0.276 e. The quantitative estimate of drug-likeness (QED) is 0.661. The number of aryl methyl sites for hydroxylation is 2. The third kappa shape index (κ3) is 3.77. The lowest BCUT2D eigenvalue weighted by Gasteiger charge is -2.14. The van der Waals surface area contributed by atoms with Crippen molar-refractivity contribution >= 4 is 21.6 Å². The molecule has 0 atom stereocenters. The van der Waals surface area contributed by atoms with Gasteiger partial charge in [-0.15, -0.1) is 0 Å². The summed E-state index contributed by atoms with van der Waals surface area (Å²) in [5.74, 6) is -0.326.